The highest BCUT2D eigenvalue weighted by Gasteiger charge is 2.44. The molecule has 0 atom stereocenters. The summed E-state index contributed by atoms with van der Waals surface area (Å²) >= 11 is 9.40. The van der Waals surface area contributed by atoms with Crippen molar-refractivity contribution in [3.05, 3.63) is 33.3 Å². The summed E-state index contributed by atoms with van der Waals surface area (Å²) in [6.07, 6.45) is 4.65. The van der Waals surface area contributed by atoms with E-state index in [9.17, 15) is 13.2 Å². The van der Waals surface area contributed by atoms with Crippen molar-refractivity contribution in [1.82, 2.24) is 4.90 Å². The SMILES string of the molecule is O=C(c1cc(Br)ccc1Cl)N1CC(S(=O)(=O)C2CCCCC2)C1. The number of carbonyl (C=O) groups is 1. The predicted molar refractivity (Wildman–Crippen MR) is 94.6 cm³/mol. The molecule has 7 heteroatoms. The van der Waals surface area contributed by atoms with Crippen molar-refractivity contribution in [2.45, 2.75) is 42.6 Å². The normalized spacial score (nSPS) is 20.3. The first-order chi connectivity index (χ1) is 10.9. The number of amides is 1. The van der Waals surface area contributed by atoms with Crippen LogP contribution in [0.15, 0.2) is 22.7 Å². The summed E-state index contributed by atoms with van der Waals surface area (Å²) in [5, 5.41) is -0.245. The van der Waals surface area contributed by atoms with Crippen LogP contribution >= 0.6 is 27.5 Å². The van der Waals surface area contributed by atoms with Gasteiger partial charge in [0.15, 0.2) is 9.84 Å². The van der Waals surface area contributed by atoms with Gasteiger partial charge in [-0.2, -0.15) is 0 Å². The van der Waals surface area contributed by atoms with E-state index in [1.54, 1.807) is 23.1 Å². The molecule has 23 heavy (non-hydrogen) atoms. The molecule has 1 heterocycles. The van der Waals surface area contributed by atoms with Crippen LogP contribution in [0.4, 0.5) is 0 Å². The maximum Gasteiger partial charge on any atom is 0.255 e. The molecule has 0 bridgehead atoms. The van der Waals surface area contributed by atoms with Crippen molar-refractivity contribution in [2.75, 3.05) is 13.1 Å². The van der Waals surface area contributed by atoms with Gasteiger partial charge in [-0.15, -0.1) is 0 Å². The van der Waals surface area contributed by atoms with E-state index >= 15 is 0 Å². The lowest BCUT2D eigenvalue weighted by molar-refractivity contribution is 0.0658. The van der Waals surface area contributed by atoms with E-state index in [0.29, 0.717) is 10.6 Å². The summed E-state index contributed by atoms with van der Waals surface area (Å²) in [5.74, 6) is -0.202. The topological polar surface area (TPSA) is 54.5 Å². The summed E-state index contributed by atoms with van der Waals surface area (Å²) in [6.45, 7) is 0.557. The van der Waals surface area contributed by atoms with Gasteiger partial charge in [-0.3, -0.25) is 4.79 Å². The number of benzene rings is 1. The Balaban J connectivity index is 1.66. The number of likely N-dealkylation sites (tertiary alicyclic amines) is 1. The van der Waals surface area contributed by atoms with Crippen molar-refractivity contribution in [3.8, 4) is 0 Å². The summed E-state index contributed by atoms with van der Waals surface area (Å²) in [5.41, 5.74) is 0.412. The van der Waals surface area contributed by atoms with E-state index in [2.05, 4.69) is 15.9 Å². The van der Waals surface area contributed by atoms with Gasteiger partial charge in [0.25, 0.3) is 5.91 Å². The van der Waals surface area contributed by atoms with E-state index in [1.165, 1.54) is 0 Å². The van der Waals surface area contributed by atoms with Gasteiger partial charge >= 0.3 is 0 Å². The number of nitrogens with zero attached hydrogens (tertiary/aromatic N) is 1. The Kier molecular flexibility index (Phi) is 5.04. The lowest BCUT2D eigenvalue weighted by Crippen LogP contribution is -2.58. The van der Waals surface area contributed by atoms with Crippen LogP contribution in [-0.2, 0) is 9.84 Å². The molecule has 0 spiro atoms. The molecule has 0 aromatic heterocycles. The summed E-state index contributed by atoms with van der Waals surface area (Å²) in [6, 6.07) is 5.11. The molecule has 2 aliphatic rings. The highest BCUT2D eigenvalue weighted by molar-refractivity contribution is 9.10. The van der Waals surface area contributed by atoms with Crippen molar-refractivity contribution < 1.29 is 13.2 Å². The van der Waals surface area contributed by atoms with Crippen LogP contribution in [0.2, 0.25) is 5.02 Å². The number of hydrogen-bond acceptors (Lipinski definition) is 3. The fourth-order valence-corrected chi connectivity index (χ4v) is 6.18. The fourth-order valence-electron chi connectivity index (χ4n) is 3.31. The molecule has 0 radical (unpaired) electrons. The summed E-state index contributed by atoms with van der Waals surface area (Å²) in [4.78, 5) is 14.0. The van der Waals surface area contributed by atoms with E-state index in [4.69, 9.17) is 11.6 Å². The maximum absolute atomic E-state index is 12.6. The number of rotatable bonds is 3. The standard InChI is InChI=1S/C16H19BrClNO3S/c17-11-6-7-15(18)14(8-11)16(20)19-9-13(10-19)23(21,22)12-4-2-1-3-5-12/h6-8,12-13H,1-5,9-10H2. The molecule has 1 aliphatic carbocycles. The molecule has 3 rings (SSSR count). The Bertz CT molecular complexity index is 710. The van der Waals surface area contributed by atoms with Gasteiger partial charge in [-0.05, 0) is 31.0 Å². The third kappa shape index (κ3) is 3.44. The van der Waals surface area contributed by atoms with Gasteiger partial charge in [-0.1, -0.05) is 46.8 Å². The average Bonchev–Trinajstić information content (AvgIpc) is 2.48. The minimum absolute atomic E-state index is 0.202. The second-order valence-corrected chi connectivity index (χ2v) is 10.1. The van der Waals surface area contributed by atoms with E-state index in [0.717, 1.165) is 36.6 Å². The van der Waals surface area contributed by atoms with Gasteiger partial charge in [0, 0.05) is 17.6 Å². The average molecular weight is 421 g/mol. The Hall–Kier alpha value is -0.590. The first-order valence-corrected chi connectivity index (χ1v) is 10.6. The number of hydrogen-bond donors (Lipinski definition) is 0. The van der Waals surface area contributed by atoms with Crippen LogP contribution in [0.1, 0.15) is 42.5 Å². The van der Waals surface area contributed by atoms with E-state index in [1.807, 2.05) is 0 Å². The zero-order valence-corrected chi connectivity index (χ0v) is 15.8. The van der Waals surface area contributed by atoms with Crippen LogP contribution in [0.3, 0.4) is 0 Å². The lowest BCUT2D eigenvalue weighted by Gasteiger charge is -2.41. The van der Waals surface area contributed by atoms with Gasteiger partial charge in [0.05, 0.1) is 21.1 Å². The van der Waals surface area contributed by atoms with Gasteiger partial charge < -0.3 is 4.90 Å². The van der Waals surface area contributed by atoms with Crippen LogP contribution < -0.4 is 0 Å². The molecule has 2 fully saturated rings. The second kappa shape index (κ2) is 6.73. The number of halogens is 2. The molecular weight excluding hydrogens is 402 g/mol. The third-order valence-corrected chi connectivity index (χ3v) is 8.23. The number of sulfone groups is 1. The minimum Gasteiger partial charge on any atom is -0.336 e. The molecule has 1 aliphatic heterocycles. The van der Waals surface area contributed by atoms with Crippen molar-refractivity contribution >= 4 is 43.3 Å². The van der Waals surface area contributed by atoms with E-state index < -0.39 is 15.1 Å². The molecule has 1 saturated carbocycles. The molecule has 0 N–H and O–H groups in total. The summed E-state index contributed by atoms with van der Waals surface area (Å²) < 4.78 is 26.0. The van der Waals surface area contributed by atoms with Crippen molar-refractivity contribution in [1.29, 1.82) is 0 Å². The number of carbonyl (C=O) groups excluding carboxylic acids is 1. The highest BCUT2D eigenvalue weighted by Crippen LogP contribution is 2.31. The fraction of sp³-hybridized carbons (Fsp3) is 0.562. The lowest BCUT2D eigenvalue weighted by atomic mass is 10.0. The Morgan fingerprint density at radius 3 is 2.43 bits per heavy atom. The first-order valence-electron chi connectivity index (χ1n) is 7.86. The largest absolute Gasteiger partial charge is 0.336 e. The molecule has 1 saturated heterocycles. The molecule has 1 aromatic rings. The summed E-state index contributed by atoms with van der Waals surface area (Å²) in [7, 11) is -3.13. The first kappa shape index (κ1) is 17.2. The monoisotopic (exact) mass is 419 g/mol. The van der Waals surface area contributed by atoms with Crippen LogP contribution in [-0.4, -0.2) is 42.8 Å². The predicted octanol–water partition coefficient (Wildman–Crippen LogP) is 3.67. The Morgan fingerprint density at radius 1 is 1.13 bits per heavy atom. The molecule has 0 unspecified atom stereocenters. The Morgan fingerprint density at radius 2 is 1.78 bits per heavy atom. The second-order valence-electron chi connectivity index (χ2n) is 6.31. The Labute approximate surface area is 150 Å². The van der Waals surface area contributed by atoms with Crippen molar-refractivity contribution in [2.24, 2.45) is 0 Å². The van der Waals surface area contributed by atoms with Gasteiger partial charge in [0.1, 0.15) is 0 Å². The van der Waals surface area contributed by atoms with Crippen molar-refractivity contribution in [3.63, 3.8) is 0 Å². The maximum atomic E-state index is 12.6. The molecule has 4 nitrogen and oxygen atoms in total. The zero-order chi connectivity index (χ0) is 16.6. The molecular formula is C16H19BrClNO3S. The molecule has 1 amide bonds. The van der Waals surface area contributed by atoms with Gasteiger partial charge in [-0.25, -0.2) is 8.42 Å². The van der Waals surface area contributed by atoms with Crippen LogP contribution in [0.5, 0.6) is 0 Å². The van der Waals surface area contributed by atoms with Crippen LogP contribution in [0, 0.1) is 0 Å². The zero-order valence-electron chi connectivity index (χ0n) is 12.7. The third-order valence-electron chi connectivity index (χ3n) is 4.78. The molecule has 126 valence electrons. The highest BCUT2D eigenvalue weighted by atomic mass is 79.9. The quantitative estimate of drug-likeness (QED) is 0.749. The van der Waals surface area contributed by atoms with E-state index in [-0.39, 0.29) is 24.2 Å². The molecule has 1 aromatic carbocycles. The van der Waals surface area contributed by atoms with Crippen LogP contribution in [0.25, 0.3) is 0 Å². The van der Waals surface area contributed by atoms with Gasteiger partial charge in [0.2, 0.25) is 0 Å². The minimum atomic E-state index is -3.13. The smallest absolute Gasteiger partial charge is 0.255 e.